The summed E-state index contributed by atoms with van der Waals surface area (Å²) in [6.45, 7) is 1.54. The highest BCUT2D eigenvalue weighted by Gasteiger charge is 2.03. The van der Waals surface area contributed by atoms with Gasteiger partial charge >= 0.3 is 0 Å². The molecule has 1 heterocycles. The van der Waals surface area contributed by atoms with Crippen LogP contribution in [0.2, 0.25) is 5.02 Å². The van der Waals surface area contributed by atoms with Crippen molar-refractivity contribution < 1.29 is 0 Å². The van der Waals surface area contributed by atoms with Gasteiger partial charge in [0.15, 0.2) is 0 Å². The van der Waals surface area contributed by atoms with E-state index in [1.807, 2.05) is 30.5 Å². The van der Waals surface area contributed by atoms with E-state index in [1.165, 1.54) is 0 Å². The Morgan fingerprint density at radius 1 is 1.35 bits per heavy atom. The van der Waals surface area contributed by atoms with Gasteiger partial charge < -0.3 is 11.1 Å². The molecular weight excluding hydrogens is 236 g/mol. The molecule has 4 nitrogen and oxygen atoms in total. The fraction of sp³-hybridized carbons (Fsp3) is 0.250. The first-order valence-corrected chi connectivity index (χ1v) is 5.92. The Kier molecular flexibility index (Phi) is 4.01. The molecule has 0 aliphatic carbocycles. The highest BCUT2D eigenvalue weighted by atomic mass is 35.5. The fourth-order valence-electron chi connectivity index (χ4n) is 1.52. The zero-order valence-corrected chi connectivity index (χ0v) is 10.2. The van der Waals surface area contributed by atoms with Crippen molar-refractivity contribution >= 4 is 17.3 Å². The summed E-state index contributed by atoms with van der Waals surface area (Å²) in [7, 11) is 0. The Labute approximate surface area is 105 Å². The van der Waals surface area contributed by atoms with Crippen LogP contribution in [0, 0.1) is 0 Å². The van der Waals surface area contributed by atoms with Gasteiger partial charge in [-0.05, 0) is 25.1 Å². The maximum Gasteiger partial charge on any atom is 0.0832 e. The van der Waals surface area contributed by atoms with Crippen molar-refractivity contribution in [2.24, 2.45) is 5.73 Å². The maximum atomic E-state index is 6.10. The summed E-state index contributed by atoms with van der Waals surface area (Å²) in [4.78, 5) is 0. The number of nitrogens with two attached hydrogens (primary N) is 1. The van der Waals surface area contributed by atoms with Crippen LogP contribution in [0.25, 0.3) is 5.69 Å². The zero-order valence-electron chi connectivity index (χ0n) is 9.44. The molecule has 0 radical (unpaired) electrons. The predicted molar refractivity (Wildman–Crippen MR) is 70.7 cm³/mol. The Balaban J connectivity index is 2.10. The summed E-state index contributed by atoms with van der Waals surface area (Å²) in [5, 5.41) is 8.20. The highest BCUT2D eigenvalue weighted by Crippen LogP contribution is 2.20. The summed E-state index contributed by atoms with van der Waals surface area (Å²) in [6, 6.07) is 7.61. The number of nitrogens with zero attached hydrogens (tertiary/aromatic N) is 2. The SMILES string of the molecule is NCCCNc1cnn(-c2ccccc2Cl)c1. The number of halogens is 1. The van der Waals surface area contributed by atoms with Crippen LogP contribution in [-0.4, -0.2) is 22.9 Å². The quantitative estimate of drug-likeness (QED) is 0.801. The normalized spacial score (nSPS) is 10.5. The lowest BCUT2D eigenvalue weighted by molar-refractivity contribution is 0.872. The van der Waals surface area contributed by atoms with Crippen molar-refractivity contribution in [3.05, 3.63) is 41.7 Å². The van der Waals surface area contributed by atoms with Crippen LogP contribution in [0.4, 0.5) is 5.69 Å². The average Bonchev–Trinajstić information content (AvgIpc) is 2.79. The highest BCUT2D eigenvalue weighted by molar-refractivity contribution is 6.32. The molecule has 17 heavy (non-hydrogen) atoms. The second-order valence-electron chi connectivity index (χ2n) is 3.69. The van der Waals surface area contributed by atoms with Crippen molar-refractivity contribution in [2.45, 2.75) is 6.42 Å². The van der Waals surface area contributed by atoms with Crippen LogP contribution in [0.5, 0.6) is 0 Å². The molecular formula is C12H15ClN4. The van der Waals surface area contributed by atoms with Gasteiger partial charge in [0.1, 0.15) is 0 Å². The van der Waals surface area contributed by atoms with Gasteiger partial charge in [0, 0.05) is 6.54 Å². The molecule has 3 N–H and O–H groups in total. The van der Waals surface area contributed by atoms with Crippen molar-refractivity contribution in [1.29, 1.82) is 0 Å². The third-order valence-corrected chi connectivity index (χ3v) is 2.71. The van der Waals surface area contributed by atoms with Crippen LogP contribution in [0.3, 0.4) is 0 Å². The second kappa shape index (κ2) is 5.70. The van der Waals surface area contributed by atoms with Crippen molar-refractivity contribution in [1.82, 2.24) is 9.78 Å². The molecule has 90 valence electrons. The molecule has 0 spiro atoms. The van der Waals surface area contributed by atoms with E-state index in [2.05, 4.69) is 10.4 Å². The van der Waals surface area contributed by atoms with Crippen molar-refractivity contribution in [3.8, 4) is 5.69 Å². The molecule has 5 heteroatoms. The summed E-state index contributed by atoms with van der Waals surface area (Å²) < 4.78 is 1.76. The molecule has 0 amide bonds. The van der Waals surface area contributed by atoms with Gasteiger partial charge in [0.05, 0.1) is 28.8 Å². The Hall–Kier alpha value is -1.52. The average molecular weight is 251 g/mol. The van der Waals surface area contributed by atoms with E-state index in [0.717, 1.165) is 24.3 Å². The molecule has 0 aliphatic rings. The monoisotopic (exact) mass is 250 g/mol. The molecule has 0 fully saturated rings. The van der Waals surface area contributed by atoms with E-state index >= 15 is 0 Å². The Morgan fingerprint density at radius 2 is 2.18 bits per heavy atom. The Bertz CT molecular complexity index is 481. The summed E-state index contributed by atoms with van der Waals surface area (Å²) in [6.07, 6.45) is 4.63. The first-order valence-electron chi connectivity index (χ1n) is 5.55. The van der Waals surface area contributed by atoms with E-state index in [-0.39, 0.29) is 0 Å². The minimum absolute atomic E-state index is 0.684. The molecule has 1 aromatic carbocycles. The number of hydrogen-bond donors (Lipinski definition) is 2. The largest absolute Gasteiger partial charge is 0.382 e. The van der Waals surface area contributed by atoms with Gasteiger partial charge in [-0.25, -0.2) is 4.68 Å². The van der Waals surface area contributed by atoms with Crippen LogP contribution in [0.15, 0.2) is 36.7 Å². The van der Waals surface area contributed by atoms with Gasteiger partial charge in [-0.3, -0.25) is 0 Å². The van der Waals surface area contributed by atoms with E-state index in [4.69, 9.17) is 17.3 Å². The number of nitrogens with one attached hydrogen (secondary N) is 1. The maximum absolute atomic E-state index is 6.10. The van der Waals surface area contributed by atoms with Crippen LogP contribution in [0.1, 0.15) is 6.42 Å². The Morgan fingerprint density at radius 3 is 2.94 bits per heavy atom. The van der Waals surface area contributed by atoms with Crippen molar-refractivity contribution in [2.75, 3.05) is 18.4 Å². The lowest BCUT2D eigenvalue weighted by atomic mass is 10.3. The van der Waals surface area contributed by atoms with Crippen LogP contribution in [-0.2, 0) is 0 Å². The van der Waals surface area contributed by atoms with E-state index < -0.39 is 0 Å². The van der Waals surface area contributed by atoms with E-state index in [9.17, 15) is 0 Å². The molecule has 2 rings (SSSR count). The van der Waals surface area contributed by atoms with Crippen molar-refractivity contribution in [3.63, 3.8) is 0 Å². The first kappa shape index (κ1) is 12.0. The number of benzene rings is 1. The standard InChI is InChI=1S/C12H15ClN4/c13-11-4-1-2-5-12(11)17-9-10(8-16-17)15-7-3-6-14/h1-2,4-5,8-9,15H,3,6-7,14H2. The van der Waals surface area contributed by atoms with E-state index in [0.29, 0.717) is 11.6 Å². The number of para-hydroxylation sites is 1. The lowest BCUT2D eigenvalue weighted by Gasteiger charge is -2.03. The summed E-state index contributed by atoms with van der Waals surface area (Å²) in [5.74, 6) is 0. The van der Waals surface area contributed by atoms with Gasteiger partial charge in [-0.15, -0.1) is 0 Å². The summed E-state index contributed by atoms with van der Waals surface area (Å²) >= 11 is 6.10. The molecule has 0 saturated carbocycles. The van der Waals surface area contributed by atoms with E-state index in [1.54, 1.807) is 10.9 Å². The number of hydrogen-bond acceptors (Lipinski definition) is 3. The molecule has 1 aromatic heterocycles. The zero-order chi connectivity index (χ0) is 12.1. The minimum atomic E-state index is 0.684. The lowest BCUT2D eigenvalue weighted by Crippen LogP contribution is -2.07. The molecule has 0 unspecified atom stereocenters. The number of rotatable bonds is 5. The predicted octanol–water partition coefficient (Wildman–Crippen LogP) is 2.29. The molecule has 0 aliphatic heterocycles. The van der Waals surface area contributed by atoms with Gasteiger partial charge in [0.2, 0.25) is 0 Å². The third kappa shape index (κ3) is 2.99. The number of anilines is 1. The minimum Gasteiger partial charge on any atom is -0.382 e. The second-order valence-corrected chi connectivity index (χ2v) is 4.10. The first-order chi connectivity index (χ1) is 8.31. The van der Waals surface area contributed by atoms with Crippen LogP contribution >= 0.6 is 11.6 Å². The molecule has 0 atom stereocenters. The van der Waals surface area contributed by atoms with Gasteiger partial charge in [-0.2, -0.15) is 5.10 Å². The number of aromatic nitrogens is 2. The molecule has 0 saturated heterocycles. The fourth-order valence-corrected chi connectivity index (χ4v) is 1.74. The topological polar surface area (TPSA) is 55.9 Å². The van der Waals surface area contributed by atoms with Gasteiger partial charge in [-0.1, -0.05) is 23.7 Å². The van der Waals surface area contributed by atoms with Gasteiger partial charge in [0.25, 0.3) is 0 Å². The third-order valence-electron chi connectivity index (χ3n) is 2.39. The van der Waals surface area contributed by atoms with Crippen LogP contribution < -0.4 is 11.1 Å². The summed E-state index contributed by atoms with van der Waals surface area (Å²) in [5.41, 5.74) is 7.28. The smallest absolute Gasteiger partial charge is 0.0832 e. The molecule has 2 aromatic rings. The molecule has 0 bridgehead atoms.